The highest BCUT2D eigenvalue weighted by Gasteiger charge is 2.36. The first kappa shape index (κ1) is 10.8. The summed E-state index contributed by atoms with van der Waals surface area (Å²) in [7, 11) is 0. The second-order valence-electron chi connectivity index (χ2n) is 5.38. The number of hydrogen-bond donors (Lipinski definition) is 0. The first-order valence-electron chi connectivity index (χ1n) is 6.69. The number of carbonyl (C=O) groups excluding carboxylic acids is 1. The van der Waals surface area contributed by atoms with Crippen LogP contribution in [0.2, 0.25) is 0 Å². The quantitative estimate of drug-likeness (QED) is 0.725. The second kappa shape index (κ2) is 4.52. The van der Waals surface area contributed by atoms with Gasteiger partial charge in [0, 0.05) is 18.7 Å². The van der Waals surface area contributed by atoms with E-state index in [2.05, 4.69) is 4.90 Å². The van der Waals surface area contributed by atoms with Crippen LogP contribution in [0.3, 0.4) is 0 Å². The topological polar surface area (TPSA) is 20.3 Å². The number of carbonyl (C=O) groups is 1. The van der Waals surface area contributed by atoms with Crippen molar-refractivity contribution in [2.24, 2.45) is 11.8 Å². The minimum atomic E-state index is 0.222. The molecule has 1 heterocycles. The van der Waals surface area contributed by atoms with Gasteiger partial charge in [0.1, 0.15) is 0 Å². The van der Waals surface area contributed by atoms with Crippen LogP contribution < -0.4 is 0 Å². The van der Waals surface area contributed by atoms with Crippen molar-refractivity contribution in [3.05, 3.63) is 35.9 Å². The molecule has 1 aliphatic carbocycles. The van der Waals surface area contributed by atoms with E-state index in [-0.39, 0.29) is 5.91 Å². The van der Waals surface area contributed by atoms with Crippen molar-refractivity contribution < 1.29 is 4.79 Å². The Morgan fingerprint density at radius 2 is 1.59 bits per heavy atom. The van der Waals surface area contributed by atoms with E-state index in [0.717, 1.165) is 30.5 Å². The summed E-state index contributed by atoms with van der Waals surface area (Å²) < 4.78 is 0. The molecule has 0 unspecified atom stereocenters. The number of hydrogen-bond acceptors (Lipinski definition) is 1. The Bertz CT molecular complexity index is 387. The van der Waals surface area contributed by atoms with E-state index in [0.29, 0.717) is 0 Å². The lowest BCUT2D eigenvalue weighted by molar-refractivity contribution is 0.0784. The average Bonchev–Trinajstić information content (AvgIpc) is 2.82. The number of benzene rings is 1. The van der Waals surface area contributed by atoms with Crippen LogP contribution in [-0.2, 0) is 0 Å². The van der Waals surface area contributed by atoms with Gasteiger partial charge < -0.3 is 4.90 Å². The molecule has 2 aliphatic rings. The fourth-order valence-corrected chi connectivity index (χ4v) is 3.33. The molecule has 1 amide bonds. The maximum Gasteiger partial charge on any atom is 0.253 e. The smallest absolute Gasteiger partial charge is 0.253 e. The largest absolute Gasteiger partial charge is 0.338 e. The van der Waals surface area contributed by atoms with E-state index in [9.17, 15) is 4.79 Å². The van der Waals surface area contributed by atoms with Crippen LogP contribution in [-0.4, -0.2) is 23.9 Å². The molecule has 2 atom stereocenters. The molecular weight excluding hydrogens is 210 g/mol. The monoisotopic (exact) mass is 229 g/mol. The molecule has 3 rings (SSSR count). The van der Waals surface area contributed by atoms with Crippen LogP contribution in [0.25, 0.3) is 0 Å². The van der Waals surface area contributed by atoms with E-state index in [4.69, 9.17) is 0 Å². The van der Waals surface area contributed by atoms with Crippen molar-refractivity contribution in [3.63, 3.8) is 0 Å². The Morgan fingerprint density at radius 1 is 1.00 bits per heavy atom. The van der Waals surface area contributed by atoms with E-state index in [1.807, 2.05) is 30.3 Å². The normalized spacial score (nSPS) is 27.9. The zero-order chi connectivity index (χ0) is 11.7. The molecule has 0 aromatic heterocycles. The van der Waals surface area contributed by atoms with Gasteiger partial charge in [0.15, 0.2) is 0 Å². The van der Waals surface area contributed by atoms with Gasteiger partial charge in [-0.05, 0) is 36.8 Å². The maximum absolute atomic E-state index is 12.3. The highest BCUT2D eigenvalue weighted by Crippen LogP contribution is 2.36. The fraction of sp³-hybridized carbons (Fsp3) is 0.533. The van der Waals surface area contributed by atoms with Crippen LogP contribution in [0.4, 0.5) is 0 Å². The molecule has 1 saturated heterocycles. The number of fused-ring (bicyclic) bond motifs is 1. The van der Waals surface area contributed by atoms with E-state index >= 15 is 0 Å². The standard InChI is InChI=1S/C15H19NO/c17-15(12-6-2-1-3-7-12)16-10-13-8-4-5-9-14(13)11-16/h1-3,6-7,13-14H,4-5,8-11H2/t13-,14+. The predicted octanol–water partition coefficient (Wildman–Crippen LogP) is 2.95. The van der Waals surface area contributed by atoms with Gasteiger partial charge in [-0.1, -0.05) is 31.0 Å². The third-order valence-corrected chi connectivity index (χ3v) is 4.28. The molecule has 2 fully saturated rings. The molecule has 1 aliphatic heterocycles. The molecule has 17 heavy (non-hydrogen) atoms. The molecule has 1 aromatic rings. The Morgan fingerprint density at radius 3 is 2.18 bits per heavy atom. The van der Waals surface area contributed by atoms with Gasteiger partial charge in [-0.2, -0.15) is 0 Å². The van der Waals surface area contributed by atoms with Crippen molar-refractivity contribution in [2.75, 3.05) is 13.1 Å². The Hall–Kier alpha value is -1.31. The summed E-state index contributed by atoms with van der Waals surface area (Å²) >= 11 is 0. The minimum Gasteiger partial charge on any atom is -0.338 e. The minimum absolute atomic E-state index is 0.222. The lowest BCUT2D eigenvalue weighted by atomic mass is 9.82. The molecule has 0 spiro atoms. The first-order valence-corrected chi connectivity index (χ1v) is 6.69. The Labute approximate surface area is 103 Å². The lowest BCUT2D eigenvalue weighted by Crippen LogP contribution is -2.28. The molecule has 2 nitrogen and oxygen atoms in total. The van der Waals surface area contributed by atoms with Crippen LogP contribution in [0.1, 0.15) is 36.0 Å². The number of likely N-dealkylation sites (tertiary alicyclic amines) is 1. The van der Waals surface area contributed by atoms with Gasteiger partial charge in [-0.15, -0.1) is 0 Å². The van der Waals surface area contributed by atoms with Gasteiger partial charge >= 0.3 is 0 Å². The molecule has 2 heteroatoms. The molecule has 0 radical (unpaired) electrons. The summed E-state index contributed by atoms with van der Waals surface area (Å²) in [5.74, 6) is 1.77. The van der Waals surface area contributed by atoms with E-state index in [1.54, 1.807) is 0 Å². The summed E-state index contributed by atoms with van der Waals surface area (Å²) in [5, 5.41) is 0. The summed E-state index contributed by atoms with van der Waals surface area (Å²) in [6.45, 7) is 1.97. The van der Waals surface area contributed by atoms with E-state index < -0.39 is 0 Å². The molecule has 1 saturated carbocycles. The first-order chi connectivity index (χ1) is 8.34. The van der Waals surface area contributed by atoms with Crippen molar-refractivity contribution >= 4 is 5.91 Å². The maximum atomic E-state index is 12.3. The Kier molecular flexibility index (Phi) is 2.87. The second-order valence-corrected chi connectivity index (χ2v) is 5.38. The summed E-state index contributed by atoms with van der Waals surface area (Å²) in [5.41, 5.74) is 0.839. The lowest BCUT2D eigenvalue weighted by Gasteiger charge is -2.22. The molecule has 1 aromatic carbocycles. The van der Waals surface area contributed by atoms with Crippen molar-refractivity contribution in [3.8, 4) is 0 Å². The number of rotatable bonds is 1. The zero-order valence-electron chi connectivity index (χ0n) is 10.1. The van der Waals surface area contributed by atoms with Crippen molar-refractivity contribution in [1.82, 2.24) is 4.90 Å². The van der Waals surface area contributed by atoms with Crippen LogP contribution in [0.5, 0.6) is 0 Å². The van der Waals surface area contributed by atoms with Gasteiger partial charge in [0.25, 0.3) is 5.91 Å². The highest BCUT2D eigenvalue weighted by atomic mass is 16.2. The number of nitrogens with zero attached hydrogens (tertiary/aromatic N) is 1. The van der Waals surface area contributed by atoms with Crippen LogP contribution in [0.15, 0.2) is 30.3 Å². The number of amides is 1. The summed E-state index contributed by atoms with van der Waals surface area (Å²) in [4.78, 5) is 14.4. The van der Waals surface area contributed by atoms with Gasteiger partial charge in [-0.3, -0.25) is 4.79 Å². The SMILES string of the molecule is O=C(c1ccccc1)N1C[C@H]2CCCC[C@H]2C1. The van der Waals surface area contributed by atoms with E-state index in [1.165, 1.54) is 25.7 Å². The zero-order valence-corrected chi connectivity index (χ0v) is 10.1. The van der Waals surface area contributed by atoms with Crippen molar-refractivity contribution in [2.45, 2.75) is 25.7 Å². The van der Waals surface area contributed by atoms with Crippen LogP contribution >= 0.6 is 0 Å². The van der Waals surface area contributed by atoms with Gasteiger partial charge in [-0.25, -0.2) is 0 Å². The molecule has 0 N–H and O–H groups in total. The fourth-order valence-electron chi connectivity index (χ4n) is 3.33. The molecule has 90 valence electrons. The van der Waals surface area contributed by atoms with Crippen molar-refractivity contribution in [1.29, 1.82) is 0 Å². The molecular formula is C15H19NO. The average molecular weight is 229 g/mol. The predicted molar refractivity (Wildman–Crippen MR) is 67.8 cm³/mol. The highest BCUT2D eigenvalue weighted by molar-refractivity contribution is 5.94. The summed E-state index contributed by atoms with van der Waals surface area (Å²) in [6, 6.07) is 9.68. The summed E-state index contributed by atoms with van der Waals surface area (Å²) in [6.07, 6.45) is 5.36. The van der Waals surface area contributed by atoms with Gasteiger partial charge in [0.2, 0.25) is 0 Å². The van der Waals surface area contributed by atoms with Crippen LogP contribution in [0, 0.1) is 11.8 Å². The third-order valence-electron chi connectivity index (χ3n) is 4.28. The third kappa shape index (κ3) is 2.08. The Balaban J connectivity index is 1.72. The molecule has 0 bridgehead atoms. The van der Waals surface area contributed by atoms with Gasteiger partial charge in [0.05, 0.1) is 0 Å².